The van der Waals surface area contributed by atoms with E-state index in [9.17, 15) is 4.79 Å². The largest absolute Gasteiger partial charge is 0.462 e. The van der Waals surface area contributed by atoms with Gasteiger partial charge in [0, 0.05) is 6.08 Å². The standard InChI is InChI=1S/C15H15ClN2O3/c1-3-11(14(19)20-4-2)10-13(18-15(16)17)21-12-8-6-5-7-9-12/h3,5-10,17H,1,4H2,2H3/b11-10-,17-15?,18-13+. The van der Waals surface area contributed by atoms with Crippen LogP contribution in [0.25, 0.3) is 0 Å². The second-order valence-corrected chi connectivity index (χ2v) is 4.04. The molecule has 0 saturated carbocycles. The van der Waals surface area contributed by atoms with Crippen molar-refractivity contribution in [2.75, 3.05) is 6.61 Å². The number of esters is 1. The molecule has 1 aromatic rings. The molecule has 6 heteroatoms. The van der Waals surface area contributed by atoms with Gasteiger partial charge >= 0.3 is 5.97 Å². The Balaban J connectivity index is 3.05. The van der Waals surface area contributed by atoms with Gasteiger partial charge in [-0.3, -0.25) is 5.41 Å². The van der Waals surface area contributed by atoms with E-state index in [2.05, 4.69) is 11.6 Å². The SMILES string of the molecule is C=C/C(=C/C(=N\C(=N)Cl)Oc1ccccc1)C(=O)OCC. The summed E-state index contributed by atoms with van der Waals surface area (Å²) in [6.45, 7) is 5.47. The van der Waals surface area contributed by atoms with Crippen molar-refractivity contribution in [1.29, 1.82) is 5.41 Å². The Kier molecular flexibility index (Phi) is 6.91. The first kappa shape index (κ1) is 16.7. The van der Waals surface area contributed by atoms with Gasteiger partial charge in [0.1, 0.15) is 5.75 Å². The summed E-state index contributed by atoms with van der Waals surface area (Å²) in [5.74, 6) is -0.0696. The van der Waals surface area contributed by atoms with Gasteiger partial charge in [0.05, 0.1) is 12.2 Å². The molecule has 5 nitrogen and oxygen atoms in total. The molecule has 0 saturated heterocycles. The molecule has 0 radical (unpaired) electrons. The molecule has 1 N–H and O–H groups in total. The molecule has 0 atom stereocenters. The Morgan fingerprint density at radius 2 is 2.10 bits per heavy atom. The van der Waals surface area contributed by atoms with Crippen molar-refractivity contribution in [2.45, 2.75) is 6.92 Å². The van der Waals surface area contributed by atoms with Crippen LogP contribution in [0.5, 0.6) is 5.75 Å². The predicted octanol–water partition coefficient (Wildman–Crippen LogP) is 3.31. The number of benzene rings is 1. The van der Waals surface area contributed by atoms with Crippen LogP contribution in [0, 0.1) is 5.41 Å². The Morgan fingerprint density at radius 1 is 1.43 bits per heavy atom. The quantitative estimate of drug-likeness (QED) is 0.226. The van der Waals surface area contributed by atoms with Crippen LogP contribution in [-0.4, -0.2) is 23.8 Å². The highest BCUT2D eigenvalue weighted by molar-refractivity contribution is 6.64. The van der Waals surface area contributed by atoms with Crippen LogP contribution in [0.3, 0.4) is 0 Å². The number of para-hydroxylation sites is 1. The molecule has 110 valence electrons. The summed E-state index contributed by atoms with van der Waals surface area (Å²) < 4.78 is 10.4. The number of aliphatic imine (C=N–C) groups is 1. The van der Waals surface area contributed by atoms with Crippen LogP contribution < -0.4 is 4.74 Å². The van der Waals surface area contributed by atoms with Crippen molar-refractivity contribution < 1.29 is 14.3 Å². The molecular formula is C15H15ClN2O3. The van der Waals surface area contributed by atoms with Crippen LogP contribution in [0.1, 0.15) is 6.92 Å². The fourth-order valence-corrected chi connectivity index (χ4v) is 1.42. The van der Waals surface area contributed by atoms with Gasteiger partial charge in [0.15, 0.2) is 0 Å². The molecule has 0 aliphatic carbocycles. The van der Waals surface area contributed by atoms with E-state index in [4.69, 9.17) is 26.5 Å². The molecule has 0 aliphatic heterocycles. The van der Waals surface area contributed by atoms with Crippen molar-refractivity contribution in [2.24, 2.45) is 4.99 Å². The van der Waals surface area contributed by atoms with Crippen molar-refractivity contribution >= 4 is 28.8 Å². The van der Waals surface area contributed by atoms with Crippen LogP contribution in [0.2, 0.25) is 0 Å². The summed E-state index contributed by atoms with van der Waals surface area (Å²) in [6, 6.07) is 8.81. The van der Waals surface area contributed by atoms with E-state index >= 15 is 0 Å². The molecule has 0 spiro atoms. The van der Waals surface area contributed by atoms with Gasteiger partial charge in [-0.25, -0.2) is 4.79 Å². The normalized spacial score (nSPS) is 11.7. The van der Waals surface area contributed by atoms with Gasteiger partial charge in [-0.1, -0.05) is 30.9 Å². The van der Waals surface area contributed by atoms with Gasteiger partial charge in [0.2, 0.25) is 11.2 Å². The van der Waals surface area contributed by atoms with E-state index in [1.54, 1.807) is 31.2 Å². The van der Waals surface area contributed by atoms with E-state index < -0.39 is 11.3 Å². The zero-order valence-electron chi connectivity index (χ0n) is 11.5. The lowest BCUT2D eigenvalue weighted by Gasteiger charge is -2.07. The van der Waals surface area contributed by atoms with Crippen molar-refractivity contribution in [3.63, 3.8) is 0 Å². The van der Waals surface area contributed by atoms with Gasteiger partial charge in [-0.2, -0.15) is 4.99 Å². The molecule has 0 aliphatic rings. The van der Waals surface area contributed by atoms with Crippen molar-refractivity contribution in [1.82, 2.24) is 0 Å². The summed E-state index contributed by atoms with van der Waals surface area (Å²) in [5.41, 5.74) is 0.157. The first-order valence-corrected chi connectivity index (χ1v) is 6.51. The molecule has 0 amide bonds. The third-order valence-corrected chi connectivity index (χ3v) is 2.27. The Hall–Kier alpha value is -2.40. The van der Waals surface area contributed by atoms with E-state index in [0.717, 1.165) is 0 Å². The van der Waals surface area contributed by atoms with Gasteiger partial charge in [-0.05, 0) is 30.7 Å². The van der Waals surface area contributed by atoms with Crippen LogP contribution in [0.15, 0.2) is 59.6 Å². The molecule has 21 heavy (non-hydrogen) atoms. The van der Waals surface area contributed by atoms with Crippen LogP contribution in [0.4, 0.5) is 0 Å². The molecule has 1 aromatic carbocycles. The van der Waals surface area contributed by atoms with Gasteiger partial charge < -0.3 is 9.47 Å². The first-order valence-electron chi connectivity index (χ1n) is 6.13. The smallest absolute Gasteiger partial charge is 0.338 e. The summed E-state index contributed by atoms with van der Waals surface area (Å²) in [7, 11) is 0. The molecule has 1 rings (SSSR count). The second-order valence-electron chi connectivity index (χ2n) is 3.68. The molecule has 0 aromatic heterocycles. The lowest BCUT2D eigenvalue weighted by Crippen LogP contribution is -2.12. The number of amidine groups is 1. The summed E-state index contributed by atoms with van der Waals surface area (Å²) >= 11 is 5.45. The number of hydrogen-bond donors (Lipinski definition) is 1. The highest BCUT2D eigenvalue weighted by Gasteiger charge is 2.10. The Morgan fingerprint density at radius 3 is 2.62 bits per heavy atom. The van der Waals surface area contributed by atoms with Crippen LogP contribution >= 0.6 is 11.6 Å². The fourth-order valence-electron chi connectivity index (χ4n) is 1.34. The topological polar surface area (TPSA) is 71.7 Å². The number of hydrogen-bond acceptors (Lipinski definition) is 4. The van der Waals surface area contributed by atoms with Crippen LogP contribution in [-0.2, 0) is 9.53 Å². The molecule has 0 fully saturated rings. The predicted molar refractivity (Wildman–Crippen MR) is 83.0 cm³/mol. The number of ether oxygens (including phenoxy) is 2. The zero-order valence-corrected chi connectivity index (χ0v) is 12.3. The first-order chi connectivity index (χ1) is 10.1. The van der Waals surface area contributed by atoms with Crippen molar-refractivity contribution in [3.8, 4) is 5.75 Å². The molecule has 0 unspecified atom stereocenters. The molecular weight excluding hydrogens is 292 g/mol. The maximum atomic E-state index is 11.7. The number of halogens is 1. The minimum atomic E-state index is -0.557. The Labute approximate surface area is 128 Å². The van der Waals surface area contributed by atoms with E-state index in [0.29, 0.717) is 5.75 Å². The molecule has 0 heterocycles. The van der Waals surface area contributed by atoms with E-state index in [-0.39, 0.29) is 18.1 Å². The lowest BCUT2D eigenvalue weighted by atomic mass is 10.2. The number of carbonyl (C=O) groups excluding carboxylic acids is 1. The summed E-state index contributed by atoms with van der Waals surface area (Å²) in [4.78, 5) is 15.4. The highest BCUT2D eigenvalue weighted by Crippen LogP contribution is 2.11. The summed E-state index contributed by atoms with van der Waals surface area (Å²) in [6.07, 6.45) is 2.63. The average Bonchev–Trinajstić information content (AvgIpc) is 2.45. The highest BCUT2D eigenvalue weighted by atomic mass is 35.5. The lowest BCUT2D eigenvalue weighted by molar-refractivity contribution is -0.138. The maximum absolute atomic E-state index is 11.7. The van der Waals surface area contributed by atoms with Gasteiger partial charge in [0.25, 0.3) is 0 Å². The summed E-state index contributed by atoms with van der Waals surface area (Å²) in [5, 5.41) is 6.74. The number of carbonyl (C=O) groups is 1. The van der Waals surface area contributed by atoms with Gasteiger partial charge in [-0.15, -0.1) is 0 Å². The Bertz CT molecular complexity index is 580. The van der Waals surface area contributed by atoms with Crippen molar-refractivity contribution in [3.05, 3.63) is 54.6 Å². The average molecular weight is 307 g/mol. The maximum Gasteiger partial charge on any atom is 0.338 e. The second kappa shape index (κ2) is 8.71. The fraction of sp³-hybridized carbons (Fsp3) is 0.133. The third-order valence-electron chi connectivity index (χ3n) is 2.18. The number of rotatable bonds is 5. The third kappa shape index (κ3) is 6.05. The number of nitrogens with one attached hydrogen (secondary N) is 1. The minimum absolute atomic E-state index is 0.0100. The van der Waals surface area contributed by atoms with E-state index in [1.165, 1.54) is 12.2 Å². The monoisotopic (exact) mass is 306 g/mol. The zero-order chi connectivity index (χ0) is 15.7. The van der Waals surface area contributed by atoms with E-state index in [1.807, 2.05) is 6.07 Å². The molecule has 0 bridgehead atoms. The number of nitrogens with zero attached hydrogens (tertiary/aromatic N) is 1. The minimum Gasteiger partial charge on any atom is -0.462 e.